The molecule has 0 bridgehead atoms. The normalized spacial score (nSPS) is 12.3. The van der Waals surface area contributed by atoms with E-state index < -0.39 is 6.10 Å². The molecule has 0 unspecified atom stereocenters. The van der Waals surface area contributed by atoms with Gasteiger partial charge < -0.3 is 5.11 Å². The molecule has 2 nitrogen and oxygen atoms in total. The Bertz CT molecular complexity index is 447. The topological polar surface area (TPSA) is 37.3 Å². The first-order valence-electron chi connectivity index (χ1n) is 17.9. The van der Waals surface area contributed by atoms with Gasteiger partial charge >= 0.3 is 0 Å². The van der Waals surface area contributed by atoms with Crippen LogP contribution in [0.5, 0.6) is 0 Å². The van der Waals surface area contributed by atoms with E-state index in [-0.39, 0.29) is 5.78 Å². The molecule has 0 aliphatic carbocycles. The molecule has 0 rings (SSSR count). The highest BCUT2D eigenvalue weighted by Gasteiger charge is 2.13. The molecule has 0 aliphatic heterocycles. The minimum atomic E-state index is -0.705. The van der Waals surface area contributed by atoms with Crippen molar-refractivity contribution in [2.75, 3.05) is 0 Å². The second kappa shape index (κ2) is 32.8. The molecule has 0 aromatic heterocycles. The lowest BCUT2D eigenvalue weighted by molar-refractivity contribution is -0.127. The summed E-state index contributed by atoms with van der Waals surface area (Å²) in [5.74, 6) is 0.0880. The molecule has 1 atom stereocenters. The number of ketones is 1. The Hall–Kier alpha value is -0.370. The van der Waals surface area contributed by atoms with Crippen LogP contribution >= 0.6 is 0 Å². The van der Waals surface area contributed by atoms with Gasteiger partial charge in [0.25, 0.3) is 0 Å². The third kappa shape index (κ3) is 30.2. The number of rotatable bonds is 33. The maximum Gasteiger partial charge on any atom is 0.161 e. The van der Waals surface area contributed by atoms with Crippen molar-refractivity contribution in [1.29, 1.82) is 0 Å². The average molecular weight is 537 g/mol. The smallest absolute Gasteiger partial charge is 0.161 e. The monoisotopic (exact) mass is 537 g/mol. The van der Waals surface area contributed by atoms with Gasteiger partial charge in [0.05, 0.1) is 0 Å². The van der Waals surface area contributed by atoms with Crippen LogP contribution in [0.25, 0.3) is 0 Å². The van der Waals surface area contributed by atoms with E-state index >= 15 is 0 Å². The number of carbonyl (C=O) groups excluding carboxylic acids is 1. The Labute approximate surface area is 240 Å². The highest BCUT2D eigenvalue weighted by molar-refractivity contribution is 5.82. The van der Waals surface area contributed by atoms with Gasteiger partial charge in [0.1, 0.15) is 6.10 Å². The third-order valence-corrected chi connectivity index (χ3v) is 8.48. The second-order valence-electron chi connectivity index (χ2n) is 12.4. The zero-order chi connectivity index (χ0) is 27.8. The number of aliphatic hydroxyl groups is 1. The number of carbonyl (C=O) groups is 1. The molecule has 0 amide bonds. The second-order valence-corrected chi connectivity index (χ2v) is 12.4. The molecule has 38 heavy (non-hydrogen) atoms. The first-order chi connectivity index (χ1) is 18.7. The fraction of sp³-hybridized carbons (Fsp3) is 0.972. The van der Waals surface area contributed by atoms with E-state index in [0.29, 0.717) is 12.8 Å². The zero-order valence-electron chi connectivity index (χ0n) is 26.6. The van der Waals surface area contributed by atoms with Crippen LogP contribution in [0.1, 0.15) is 219 Å². The SMILES string of the molecule is CCCCCCCCCCCCCCCCCC(=O)[C@H](O)CCCCCCCCCCCCCCCCC. The summed E-state index contributed by atoms with van der Waals surface area (Å²) in [5, 5.41) is 10.2. The van der Waals surface area contributed by atoms with Crippen LogP contribution in [0.4, 0.5) is 0 Å². The number of aliphatic hydroxyl groups excluding tert-OH is 1. The van der Waals surface area contributed by atoms with E-state index in [4.69, 9.17) is 0 Å². The predicted molar refractivity (Wildman–Crippen MR) is 170 cm³/mol. The fourth-order valence-electron chi connectivity index (χ4n) is 5.71. The van der Waals surface area contributed by atoms with Crippen molar-refractivity contribution in [1.82, 2.24) is 0 Å². The lowest BCUT2D eigenvalue weighted by Gasteiger charge is -2.09. The molecular formula is C36H72O2. The van der Waals surface area contributed by atoms with E-state index in [2.05, 4.69) is 13.8 Å². The van der Waals surface area contributed by atoms with Gasteiger partial charge in [0.2, 0.25) is 0 Å². The zero-order valence-corrected chi connectivity index (χ0v) is 26.6. The Morgan fingerprint density at radius 3 is 0.921 bits per heavy atom. The van der Waals surface area contributed by atoms with Gasteiger partial charge in [-0.15, -0.1) is 0 Å². The quantitative estimate of drug-likeness (QED) is 0.0847. The lowest BCUT2D eigenvalue weighted by Crippen LogP contribution is -2.19. The first kappa shape index (κ1) is 37.6. The molecule has 0 saturated carbocycles. The molecule has 0 heterocycles. The van der Waals surface area contributed by atoms with Crippen molar-refractivity contribution in [3.63, 3.8) is 0 Å². The van der Waals surface area contributed by atoms with E-state index in [1.165, 1.54) is 173 Å². The number of unbranched alkanes of at least 4 members (excludes halogenated alkanes) is 28. The van der Waals surface area contributed by atoms with Gasteiger partial charge in [-0.05, 0) is 12.8 Å². The van der Waals surface area contributed by atoms with Crippen LogP contribution in [-0.2, 0) is 4.79 Å². The largest absolute Gasteiger partial charge is 0.385 e. The van der Waals surface area contributed by atoms with Crippen LogP contribution in [0.2, 0.25) is 0 Å². The van der Waals surface area contributed by atoms with E-state index in [0.717, 1.165) is 19.3 Å². The Kier molecular flexibility index (Phi) is 32.5. The summed E-state index contributed by atoms with van der Waals surface area (Å²) in [4.78, 5) is 12.2. The molecule has 0 aromatic rings. The maximum absolute atomic E-state index is 12.2. The third-order valence-electron chi connectivity index (χ3n) is 8.48. The van der Waals surface area contributed by atoms with E-state index in [1.54, 1.807) is 0 Å². The molecule has 0 radical (unpaired) electrons. The van der Waals surface area contributed by atoms with Gasteiger partial charge in [-0.1, -0.05) is 200 Å². The number of hydrogen-bond acceptors (Lipinski definition) is 2. The Morgan fingerprint density at radius 2 is 0.632 bits per heavy atom. The van der Waals surface area contributed by atoms with E-state index in [9.17, 15) is 9.90 Å². The van der Waals surface area contributed by atoms with Crippen molar-refractivity contribution in [3.8, 4) is 0 Å². The summed E-state index contributed by atoms with van der Waals surface area (Å²) in [6, 6.07) is 0. The molecule has 228 valence electrons. The van der Waals surface area contributed by atoms with Crippen LogP contribution < -0.4 is 0 Å². The van der Waals surface area contributed by atoms with Gasteiger partial charge in [0, 0.05) is 6.42 Å². The van der Waals surface area contributed by atoms with Crippen LogP contribution in [0.3, 0.4) is 0 Å². The van der Waals surface area contributed by atoms with Crippen LogP contribution in [0.15, 0.2) is 0 Å². The summed E-state index contributed by atoms with van der Waals surface area (Å²) in [7, 11) is 0. The standard InChI is InChI=1S/C36H72O2/c1-3-5-7-9-11-13-15-17-19-21-23-25-27-29-31-33-35(37)36(38)34-32-30-28-26-24-22-20-18-16-14-12-10-8-6-4-2/h35,37H,3-34H2,1-2H3/t35-/m1/s1. The van der Waals surface area contributed by atoms with Crippen LogP contribution in [0, 0.1) is 0 Å². The van der Waals surface area contributed by atoms with Crippen molar-refractivity contribution in [2.45, 2.75) is 225 Å². The lowest BCUT2D eigenvalue weighted by atomic mass is 10.00. The molecular weight excluding hydrogens is 464 g/mol. The Balaban J connectivity index is 3.27. The maximum atomic E-state index is 12.2. The minimum absolute atomic E-state index is 0.0880. The fourth-order valence-corrected chi connectivity index (χ4v) is 5.71. The highest BCUT2D eigenvalue weighted by atomic mass is 16.3. The Morgan fingerprint density at radius 1 is 0.395 bits per heavy atom. The molecule has 0 aliphatic rings. The molecule has 0 spiro atoms. The predicted octanol–water partition coefficient (Wildman–Crippen LogP) is 12.4. The molecule has 1 N–H and O–H groups in total. The summed E-state index contributed by atoms with van der Waals surface area (Å²) in [5.41, 5.74) is 0. The summed E-state index contributed by atoms with van der Waals surface area (Å²) in [6.45, 7) is 4.57. The van der Waals surface area contributed by atoms with Crippen molar-refractivity contribution >= 4 is 5.78 Å². The molecule has 2 heteroatoms. The van der Waals surface area contributed by atoms with Crippen molar-refractivity contribution < 1.29 is 9.90 Å². The summed E-state index contributed by atoms with van der Waals surface area (Å²) < 4.78 is 0. The van der Waals surface area contributed by atoms with Crippen LogP contribution in [-0.4, -0.2) is 17.0 Å². The summed E-state index contributed by atoms with van der Waals surface area (Å²) >= 11 is 0. The van der Waals surface area contributed by atoms with Gasteiger partial charge in [0.15, 0.2) is 5.78 Å². The van der Waals surface area contributed by atoms with Crippen molar-refractivity contribution in [2.24, 2.45) is 0 Å². The van der Waals surface area contributed by atoms with Gasteiger partial charge in [-0.2, -0.15) is 0 Å². The average Bonchev–Trinajstić information content (AvgIpc) is 2.92. The summed E-state index contributed by atoms with van der Waals surface area (Å²) in [6.07, 6.45) is 40.9. The molecule has 0 fully saturated rings. The minimum Gasteiger partial charge on any atom is -0.385 e. The first-order valence-corrected chi connectivity index (χ1v) is 17.9. The molecule has 0 aromatic carbocycles. The van der Waals surface area contributed by atoms with Crippen molar-refractivity contribution in [3.05, 3.63) is 0 Å². The number of hydrogen-bond donors (Lipinski definition) is 1. The highest BCUT2D eigenvalue weighted by Crippen LogP contribution is 2.16. The number of Topliss-reactive ketones (excluding diaryl/α,β-unsaturated/α-hetero) is 1. The van der Waals surface area contributed by atoms with Gasteiger partial charge in [-0.25, -0.2) is 0 Å². The molecule has 0 saturated heterocycles. The van der Waals surface area contributed by atoms with E-state index in [1.807, 2.05) is 0 Å². The van der Waals surface area contributed by atoms with Gasteiger partial charge in [-0.3, -0.25) is 4.79 Å².